The van der Waals surface area contributed by atoms with Gasteiger partial charge >= 0.3 is 0 Å². The van der Waals surface area contributed by atoms with Crippen LogP contribution >= 0.6 is 31.9 Å². The van der Waals surface area contributed by atoms with Crippen molar-refractivity contribution in [1.82, 2.24) is 0 Å². The minimum Gasteiger partial charge on any atom is -0.495 e. The van der Waals surface area contributed by atoms with Crippen LogP contribution in [-0.2, 0) is 11.2 Å². The quantitative estimate of drug-likeness (QED) is 0.789. The Balaban J connectivity index is 2.16. The first-order chi connectivity index (χ1) is 9.99. The number of carbonyl (C=O) groups excluding carboxylic acids is 1. The average molecular weight is 413 g/mol. The molecule has 3 nitrogen and oxygen atoms in total. The molecule has 21 heavy (non-hydrogen) atoms. The van der Waals surface area contributed by atoms with Crippen LogP contribution in [0.15, 0.2) is 45.3 Å². The van der Waals surface area contributed by atoms with Crippen LogP contribution in [0, 0.1) is 6.92 Å². The number of nitrogens with one attached hydrogen (secondary N) is 1. The van der Waals surface area contributed by atoms with Gasteiger partial charge in [0.15, 0.2) is 0 Å². The summed E-state index contributed by atoms with van der Waals surface area (Å²) in [4.78, 5) is 12.2. The number of hydrogen-bond acceptors (Lipinski definition) is 2. The van der Waals surface area contributed by atoms with Gasteiger partial charge in [-0.05, 0) is 42.3 Å². The van der Waals surface area contributed by atoms with Gasteiger partial charge in [-0.1, -0.05) is 44.0 Å². The zero-order valence-corrected chi connectivity index (χ0v) is 14.9. The van der Waals surface area contributed by atoms with E-state index in [2.05, 4.69) is 37.2 Å². The van der Waals surface area contributed by atoms with Crippen molar-refractivity contribution in [2.45, 2.75) is 13.3 Å². The van der Waals surface area contributed by atoms with Crippen LogP contribution in [0.4, 0.5) is 5.69 Å². The minimum absolute atomic E-state index is 0.0724. The van der Waals surface area contributed by atoms with Gasteiger partial charge in [0, 0.05) is 8.95 Å². The van der Waals surface area contributed by atoms with Crippen LogP contribution < -0.4 is 10.1 Å². The zero-order valence-electron chi connectivity index (χ0n) is 11.7. The topological polar surface area (TPSA) is 38.3 Å². The number of ether oxygens (including phenoxy) is 1. The highest BCUT2D eigenvalue weighted by atomic mass is 79.9. The van der Waals surface area contributed by atoms with E-state index in [1.54, 1.807) is 7.11 Å². The lowest BCUT2D eigenvalue weighted by Gasteiger charge is -2.14. The fraction of sp³-hybridized carbons (Fsp3) is 0.188. The van der Waals surface area contributed by atoms with Gasteiger partial charge in [-0.3, -0.25) is 4.79 Å². The summed E-state index contributed by atoms with van der Waals surface area (Å²) < 4.78 is 7.21. The zero-order chi connectivity index (χ0) is 15.4. The largest absolute Gasteiger partial charge is 0.495 e. The molecular formula is C16H15Br2NO2. The number of amides is 1. The molecule has 0 saturated heterocycles. The third-order valence-corrected chi connectivity index (χ3v) is 3.95. The molecule has 0 aliphatic heterocycles. The average Bonchev–Trinajstić information content (AvgIpc) is 2.41. The summed E-state index contributed by atoms with van der Waals surface area (Å²) in [6.07, 6.45) is 0.318. The molecule has 110 valence electrons. The summed E-state index contributed by atoms with van der Waals surface area (Å²) in [5.74, 6) is 0.571. The second-order valence-electron chi connectivity index (χ2n) is 4.65. The van der Waals surface area contributed by atoms with Gasteiger partial charge in [-0.15, -0.1) is 0 Å². The molecule has 5 heteroatoms. The Morgan fingerprint density at radius 1 is 1.19 bits per heavy atom. The molecule has 0 atom stereocenters. The maximum atomic E-state index is 12.2. The molecule has 0 aliphatic rings. The van der Waals surface area contributed by atoms with E-state index in [0.29, 0.717) is 17.9 Å². The summed E-state index contributed by atoms with van der Waals surface area (Å²) in [5, 5.41) is 2.92. The number of hydrogen-bond donors (Lipinski definition) is 1. The molecule has 0 heterocycles. The second-order valence-corrected chi connectivity index (χ2v) is 6.49. The molecule has 0 aromatic heterocycles. The van der Waals surface area contributed by atoms with Crippen molar-refractivity contribution in [2.24, 2.45) is 0 Å². The number of carbonyl (C=O) groups is 1. The van der Waals surface area contributed by atoms with E-state index in [4.69, 9.17) is 4.74 Å². The standard InChI is InChI=1S/C16H15Br2NO2/c1-10-6-13(18)9-14(21-2)16(10)19-15(20)8-11-4-3-5-12(17)7-11/h3-7,9H,8H2,1-2H3,(H,19,20). The van der Waals surface area contributed by atoms with Crippen molar-refractivity contribution < 1.29 is 9.53 Å². The normalized spacial score (nSPS) is 10.3. The number of rotatable bonds is 4. The molecule has 0 radical (unpaired) electrons. The monoisotopic (exact) mass is 411 g/mol. The Morgan fingerprint density at radius 2 is 1.95 bits per heavy atom. The fourth-order valence-corrected chi connectivity index (χ4v) is 3.05. The summed E-state index contributed by atoms with van der Waals surface area (Å²) in [7, 11) is 1.59. The second kappa shape index (κ2) is 7.09. The van der Waals surface area contributed by atoms with Gasteiger partial charge < -0.3 is 10.1 Å². The Hall–Kier alpha value is -1.33. The van der Waals surface area contributed by atoms with Crippen molar-refractivity contribution in [3.8, 4) is 5.75 Å². The molecular weight excluding hydrogens is 398 g/mol. The molecule has 1 N–H and O–H groups in total. The summed E-state index contributed by atoms with van der Waals surface area (Å²) >= 11 is 6.82. The predicted octanol–water partition coefficient (Wildman–Crippen LogP) is 4.71. The highest BCUT2D eigenvalue weighted by Gasteiger charge is 2.12. The van der Waals surface area contributed by atoms with Gasteiger partial charge in [0.25, 0.3) is 0 Å². The van der Waals surface area contributed by atoms with Crippen LogP contribution in [0.25, 0.3) is 0 Å². The Labute approximate surface area is 141 Å². The van der Waals surface area contributed by atoms with Crippen LogP contribution in [0.1, 0.15) is 11.1 Å². The van der Waals surface area contributed by atoms with Gasteiger partial charge in [-0.25, -0.2) is 0 Å². The molecule has 2 aromatic rings. The first-order valence-electron chi connectivity index (χ1n) is 6.38. The van der Waals surface area contributed by atoms with Gasteiger partial charge in [-0.2, -0.15) is 0 Å². The summed E-state index contributed by atoms with van der Waals surface area (Å²) in [6.45, 7) is 1.93. The first kappa shape index (κ1) is 16.0. The lowest BCUT2D eigenvalue weighted by Crippen LogP contribution is -2.16. The highest BCUT2D eigenvalue weighted by molar-refractivity contribution is 9.10. The molecule has 0 bridgehead atoms. The van der Waals surface area contributed by atoms with Gasteiger partial charge in [0.05, 0.1) is 19.2 Å². The molecule has 0 spiro atoms. The van der Waals surface area contributed by atoms with Crippen LogP contribution in [0.2, 0.25) is 0 Å². The van der Waals surface area contributed by atoms with Crippen LogP contribution in [0.5, 0.6) is 5.75 Å². The number of aryl methyl sites for hydroxylation is 1. The van der Waals surface area contributed by atoms with Crippen LogP contribution in [0.3, 0.4) is 0 Å². The SMILES string of the molecule is COc1cc(Br)cc(C)c1NC(=O)Cc1cccc(Br)c1. The lowest BCUT2D eigenvalue weighted by atomic mass is 10.1. The maximum absolute atomic E-state index is 12.2. The third-order valence-electron chi connectivity index (χ3n) is 3.00. The van der Waals surface area contributed by atoms with Gasteiger partial charge in [0.2, 0.25) is 5.91 Å². The molecule has 0 saturated carbocycles. The summed E-state index contributed by atoms with van der Waals surface area (Å²) in [6, 6.07) is 11.5. The Morgan fingerprint density at radius 3 is 2.62 bits per heavy atom. The molecule has 2 rings (SSSR count). The fourth-order valence-electron chi connectivity index (χ4n) is 2.05. The van der Waals surface area contributed by atoms with E-state index in [1.165, 1.54) is 0 Å². The van der Waals surface area contributed by atoms with Crippen LogP contribution in [-0.4, -0.2) is 13.0 Å². The smallest absolute Gasteiger partial charge is 0.228 e. The molecule has 1 amide bonds. The summed E-state index contributed by atoms with van der Waals surface area (Å²) in [5.41, 5.74) is 2.61. The van der Waals surface area contributed by atoms with E-state index >= 15 is 0 Å². The lowest BCUT2D eigenvalue weighted by molar-refractivity contribution is -0.115. The van der Waals surface area contributed by atoms with E-state index < -0.39 is 0 Å². The number of anilines is 1. The maximum Gasteiger partial charge on any atom is 0.228 e. The first-order valence-corrected chi connectivity index (χ1v) is 7.96. The number of benzene rings is 2. The minimum atomic E-state index is -0.0724. The predicted molar refractivity (Wildman–Crippen MR) is 91.9 cm³/mol. The van der Waals surface area contributed by atoms with E-state index in [1.807, 2.05) is 43.3 Å². The molecule has 2 aromatic carbocycles. The van der Waals surface area contributed by atoms with E-state index in [0.717, 1.165) is 20.1 Å². The number of halogens is 2. The van der Waals surface area contributed by atoms with E-state index in [9.17, 15) is 4.79 Å². The van der Waals surface area contributed by atoms with Crippen molar-refractivity contribution in [3.05, 3.63) is 56.5 Å². The molecule has 0 fully saturated rings. The third kappa shape index (κ3) is 4.32. The number of methoxy groups -OCH3 is 1. The van der Waals surface area contributed by atoms with Crippen molar-refractivity contribution in [2.75, 3.05) is 12.4 Å². The van der Waals surface area contributed by atoms with Crippen molar-refractivity contribution in [3.63, 3.8) is 0 Å². The Kier molecular flexibility index (Phi) is 5.42. The Bertz CT molecular complexity index is 671. The molecule has 0 unspecified atom stereocenters. The van der Waals surface area contributed by atoms with Gasteiger partial charge in [0.1, 0.15) is 5.75 Å². The van der Waals surface area contributed by atoms with Crippen molar-refractivity contribution in [1.29, 1.82) is 0 Å². The molecule has 0 aliphatic carbocycles. The van der Waals surface area contributed by atoms with Crippen molar-refractivity contribution >= 4 is 43.5 Å². The highest BCUT2D eigenvalue weighted by Crippen LogP contribution is 2.32. The van der Waals surface area contributed by atoms with E-state index in [-0.39, 0.29) is 5.91 Å².